The standard InChI is InChI=1S/C20H24BrNO3/c1-12(18(23)22-17-4-2-16(21)3-5-17)25-19(24)20-9-13-6-14(10-20)8-15(7-13)11-20/h2-5,12-15H,6-11H2,1H3,(H,22,23)/t12-,13?,14?,15?,20?/m1/s1. The molecule has 4 fully saturated rings. The fourth-order valence-electron chi connectivity index (χ4n) is 5.48. The minimum Gasteiger partial charge on any atom is -0.452 e. The molecule has 134 valence electrons. The summed E-state index contributed by atoms with van der Waals surface area (Å²) in [4.78, 5) is 25.3. The molecule has 5 heteroatoms. The van der Waals surface area contributed by atoms with Crippen molar-refractivity contribution in [3.8, 4) is 0 Å². The van der Waals surface area contributed by atoms with Crippen LogP contribution in [0, 0.1) is 23.2 Å². The number of hydrogen-bond acceptors (Lipinski definition) is 3. The van der Waals surface area contributed by atoms with Crippen molar-refractivity contribution in [2.45, 2.75) is 51.6 Å². The Morgan fingerprint density at radius 3 is 2.12 bits per heavy atom. The first-order chi connectivity index (χ1) is 11.9. The zero-order chi connectivity index (χ0) is 17.6. The van der Waals surface area contributed by atoms with E-state index in [1.807, 2.05) is 24.3 Å². The Bertz CT molecular complexity index is 649. The number of rotatable bonds is 4. The number of halogens is 1. The van der Waals surface area contributed by atoms with Crippen LogP contribution in [0.4, 0.5) is 5.69 Å². The monoisotopic (exact) mass is 405 g/mol. The average Bonchev–Trinajstić information content (AvgIpc) is 2.55. The van der Waals surface area contributed by atoms with E-state index in [4.69, 9.17) is 4.74 Å². The largest absolute Gasteiger partial charge is 0.452 e. The second-order valence-electron chi connectivity index (χ2n) is 8.24. The van der Waals surface area contributed by atoms with E-state index < -0.39 is 6.10 Å². The number of carbonyl (C=O) groups excluding carboxylic acids is 2. The number of esters is 1. The molecule has 1 atom stereocenters. The van der Waals surface area contributed by atoms with Crippen LogP contribution < -0.4 is 5.32 Å². The van der Waals surface area contributed by atoms with Gasteiger partial charge in [0.1, 0.15) is 0 Å². The number of amides is 1. The van der Waals surface area contributed by atoms with Crippen molar-refractivity contribution in [1.29, 1.82) is 0 Å². The normalized spacial score (nSPS) is 33.8. The molecule has 5 rings (SSSR count). The van der Waals surface area contributed by atoms with Crippen LogP contribution in [0.25, 0.3) is 0 Å². The van der Waals surface area contributed by atoms with Gasteiger partial charge in [-0.1, -0.05) is 15.9 Å². The second kappa shape index (κ2) is 6.42. The predicted molar refractivity (Wildman–Crippen MR) is 98.9 cm³/mol. The highest BCUT2D eigenvalue weighted by molar-refractivity contribution is 9.10. The highest BCUT2D eigenvalue weighted by atomic mass is 79.9. The lowest BCUT2D eigenvalue weighted by atomic mass is 9.49. The van der Waals surface area contributed by atoms with Crippen LogP contribution in [-0.2, 0) is 14.3 Å². The van der Waals surface area contributed by atoms with Gasteiger partial charge in [-0.25, -0.2) is 0 Å². The van der Waals surface area contributed by atoms with Crippen molar-refractivity contribution in [2.24, 2.45) is 23.2 Å². The van der Waals surface area contributed by atoms with Crippen molar-refractivity contribution in [3.05, 3.63) is 28.7 Å². The van der Waals surface area contributed by atoms with Crippen molar-refractivity contribution in [1.82, 2.24) is 0 Å². The van der Waals surface area contributed by atoms with Crippen LogP contribution in [0.3, 0.4) is 0 Å². The summed E-state index contributed by atoms with van der Waals surface area (Å²) < 4.78 is 6.58. The first-order valence-corrected chi connectivity index (χ1v) is 10.0. The Kier molecular flexibility index (Phi) is 4.38. The molecule has 0 aromatic heterocycles. The third-order valence-corrected chi connectivity index (χ3v) is 6.76. The molecule has 25 heavy (non-hydrogen) atoms. The summed E-state index contributed by atoms with van der Waals surface area (Å²) in [6, 6.07) is 7.36. The van der Waals surface area contributed by atoms with Crippen LogP contribution in [-0.4, -0.2) is 18.0 Å². The molecule has 0 aliphatic heterocycles. The molecular formula is C20H24BrNO3. The van der Waals surface area contributed by atoms with Gasteiger partial charge in [0.2, 0.25) is 0 Å². The van der Waals surface area contributed by atoms with Gasteiger partial charge >= 0.3 is 5.97 Å². The van der Waals surface area contributed by atoms with Gasteiger partial charge in [-0.3, -0.25) is 9.59 Å². The van der Waals surface area contributed by atoms with Gasteiger partial charge in [-0.05, 0) is 87.5 Å². The molecule has 0 saturated heterocycles. The van der Waals surface area contributed by atoms with Crippen LogP contribution in [0.2, 0.25) is 0 Å². The lowest BCUT2D eigenvalue weighted by Gasteiger charge is -2.55. The van der Waals surface area contributed by atoms with Crippen molar-refractivity contribution in [2.75, 3.05) is 5.32 Å². The highest BCUT2D eigenvalue weighted by Gasteiger charge is 2.55. The van der Waals surface area contributed by atoms with Crippen molar-refractivity contribution in [3.63, 3.8) is 0 Å². The Morgan fingerprint density at radius 1 is 1.08 bits per heavy atom. The minimum absolute atomic E-state index is 0.148. The molecule has 1 N–H and O–H groups in total. The zero-order valence-corrected chi connectivity index (χ0v) is 16.1. The Hall–Kier alpha value is -1.36. The van der Waals surface area contributed by atoms with Crippen LogP contribution >= 0.6 is 15.9 Å². The molecule has 1 amide bonds. The third kappa shape index (κ3) is 3.35. The molecule has 4 saturated carbocycles. The van der Waals surface area contributed by atoms with Crippen LogP contribution in [0.1, 0.15) is 45.4 Å². The highest BCUT2D eigenvalue weighted by Crippen LogP contribution is 2.60. The first kappa shape index (κ1) is 17.1. The molecule has 1 aromatic rings. The Labute approximate surface area is 156 Å². The maximum atomic E-state index is 12.9. The van der Waals surface area contributed by atoms with Gasteiger partial charge in [0.05, 0.1) is 5.41 Å². The summed E-state index contributed by atoms with van der Waals surface area (Å²) in [5, 5.41) is 2.81. The molecule has 1 aromatic carbocycles. The summed E-state index contributed by atoms with van der Waals surface area (Å²) in [7, 11) is 0. The van der Waals surface area contributed by atoms with Gasteiger partial charge in [0.25, 0.3) is 5.91 Å². The van der Waals surface area contributed by atoms with E-state index in [-0.39, 0.29) is 17.3 Å². The Morgan fingerprint density at radius 2 is 1.60 bits per heavy atom. The first-order valence-electron chi connectivity index (χ1n) is 9.21. The molecule has 4 nitrogen and oxygen atoms in total. The Balaban J connectivity index is 1.38. The van der Waals surface area contributed by atoms with Crippen molar-refractivity contribution >= 4 is 33.5 Å². The molecule has 4 aliphatic carbocycles. The third-order valence-electron chi connectivity index (χ3n) is 6.24. The molecule has 0 heterocycles. The van der Waals surface area contributed by atoms with E-state index in [9.17, 15) is 9.59 Å². The van der Waals surface area contributed by atoms with Crippen LogP contribution in [0.15, 0.2) is 28.7 Å². The van der Waals surface area contributed by atoms with Gasteiger partial charge in [-0.2, -0.15) is 0 Å². The van der Waals surface area contributed by atoms with E-state index in [1.165, 1.54) is 19.3 Å². The predicted octanol–water partition coefficient (Wildman–Crippen LogP) is 4.54. The second-order valence-corrected chi connectivity index (χ2v) is 9.16. The fourth-order valence-corrected chi connectivity index (χ4v) is 5.74. The molecule has 0 unspecified atom stereocenters. The summed E-state index contributed by atoms with van der Waals surface area (Å²) in [5.74, 6) is 1.63. The number of hydrogen-bond donors (Lipinski definition) is 1. The number of carbonyl (C=O) groups is 2. The van der Waals surface area contributed by atoms with Gasteiger partial charge in [-0.15, -0.1) is 0 Å². The zero-order valence-electron chi connectivity index (χ0n) is 14.5. The SMILES string of the molecule is C[C@@H](OC(=O)C12CC3CC(CC(C3)C1)C2)C(=O)Nc1ccc(Br)cc1. The quantitative estimate of drug-likeness (QED) is 0.748. The van der Waals surface area contributed by atoms with E-state index >= 15 is 0 Å². The summed E-state index contributed by atoms with van der Waals surface area (Å²) in [5.41, 5.74) is 0.381. The van der Waals surface area contributed by atoms with Crippen LogP contribution in [0.5, 0.6) is 0 Å². The average molecular weight is 406 g/mol. The number of benzene rings is 1. The lowest BCUT2D eigenvalue weighted by molar-refractivity contribution is -0.177. The minimum atomic E-state index is -0.774. The maximum Gasteiger partial charge on any atom is 0.312 e. The fraction of sp³-hybridized carbons (Fsp3) is 0.600. The number of anilines is 1. The topological polar surface area (TPSA) is 55.4 Å². The summed E-state index contributed by atoms with van der Waals surface area (Å²) in [6.07, 6.45) is 5.95. The smallest absolute Gasteiger partial charge is 0.312 e. The summed E-state index contributed by atoms with van der Waals surface area (Å²) in [6.45, 7) is 1.66. The molecule has 0 radical (unpaired) electrons. The van der Waals surface area contributed by atoms with Gasteiger partial charge in [0, 0.05) is 10.2 Å². The molecule has 0 spiro atoms. The van der Waals surface area contributed by atoms with Gasteiger partial charge in [0.15, 0.2) is 6.10 Å². The van der Waals surface area contributed by atoms with E-state index in [0.717, 1.165) is 23.7 Å². The number of ether oxygens (including phenoxy) is 1. The number of nitrogens with one attached hydrogen (secondary N) is 1. The molecule has 4 bridgehead atoms. The van der Waals surface area contributed by atoms with Crippen molar-refractivity contribution < 1.29 is 14.3 Å². The lowest BCUT2D eigenvalue weighted by Crippen LogP contribution is -2.51. The summed E-state index contributed by atoms with van der Waals surface area (Å²) >= 11 is 3.37. The van der Waals surface area contributed by atoms with Gasteiger partial charge < -0.3 is 10.1 Å². The molecular weight excluding hydrogens is 382 g/mol. The van der Waals surface area contributed by atoms with E-state index in [1.54, 1.807) is 6.92 Å². The van der Waals surface area contributed by atoms with E-state index in [0.29, 0.717) is 23.4 Å². The van der Waals surface area contributed by atoms with E-state index in [2.05, 4.69) is 21.2 Å². The maximum absolute atomic E-state index is 12.9. The molecule has 4 aliphatic rings.